The molecule has 0 saturated carbocycles. The van der Waals surface area contributed by atoms with Gasteiger partial charge < -0.3 is 14.0 Å². The molecular weight excluding hydrogens is 310 g/mol. The summed E-state index contributed by atoms with van der Waals surface area (Å²) in [5.41, 5.74) is 1.05. The molecule has 1 unspecified atom stereocenters. The maximum atomic E-state index is 13.5. The Bertz CT molecular complexity index is 821. The Balaban J connectivity index is 2.16. The highest BCUT2D eigenvalue weighted by Crippen LogP contribution is 2.29. The lowest BCUT2D eigenvalue weighted by Crippen LogP contribution is -2.12. The van der Waals surface area contributed by atoms with Gasteiger partial charge in [0, 0.05) is 12.3 Å². The summed E-state index contributed by atoms with van der Waals surface area (Å²) in [5.74, 6) is -0.979. The van der Waals surface area contributed by atoms with Gasteiger partial charge in [0.1, 0.15) is 17.3 Å². The van der Waals surface area contributed by atoms with Crippen molar-refractivity contribution in [2.24, 2.45) is 0 Å². The summed E-state index contributed by atoms with van der Waals surface area (Å²) >= 11 is 5.29. The lowest BCUT2D eigenvalue weighted by atomic mass is 10.0. The molecule has 1 N–H and O–H groups in total. The van der Waals surface area contributed by atoms with E-state index in [9.17, 15) is 8.78 Å². The van der Waals surface area contributed by atoms with Crippen LogP contribution in [0.5, 0.6) is 0 Å². The summed E-state index contributed by atoms with van der Waals surface area (Å²) < 4.78 is 34.4. The van der Waals surface area contributed by atoms with Crippen molar-refractivity contribution in [3.63, 3.8) is 0 Å². The first-order valence-corrected chi connectivity index (χ1v) is 7.03. The van der Waals surface area contributed by atoms with Crippen molar-refractivity contribution in [3.8, 4) is 11.6 Å². The third-order valence-corrected chi connectivity index (χ3v) is 3.67. The van der Waals surface area contributed by atoms with Crippen LogP contribution in [-0.2, 0) is 0 Å². The predicted molar refractivity (Wildman–Crippen MR) is 77.7 cm³/mol. The highest BCUT2D eigenvalue weighted by molar-refractivity contribution is 7.71. The van der Waals surface area contributed by atoms with Crippen LogP contribution in [-0.4, -0.2) is 19.7 Å². The second kappa shape index (κ2) is 5.80. The number of hydrogen-bond donors (Lipinski definition) is 1. The van der Waals surface area contributed by atoms with Crippen molar-refractivity contribution >= 4 is 12.2 Å². The molecule has 2 heterocycles. The minimum absolute atomic E-state index is 0.280. The third kappa shape index (κ3) is 2.57. The monoisotopic (exact) mass is 322 g/mol. The van der Waals surface area contributed by atoms with Crippen LogP contribution >= 0.6 is 12.2 Å². The van der Waals surface area contributed by atoms with Crippen LogP contribution in [0.2, 0.25) is 0 Å². The van der Waals surface area contributed by atoms with Gasteiger partial charge in [0.25, 0.3) is 5.89 Å². The van der Waals surface area contributed by atoms with Crippen molar-refractivity contribution < 1.29 is 13.2 Å². The van der Waals surface area contributed by atoms with Crippen molar-refractivity contribution in [2.45, 2.75) is 19.4 Å². The average Bonchev–Trinajstić information content (AvgIpc) is 3.09. The minimum Gasteiger partial charge on any atom is -0.422 e. The second-order valence-corrected chi connectivity index (χ2v) is 5.11. The van der Waals surface area contributed by atoms with Gasteiger partial charge in [0.15, 0.2) is 4.77 Å². The molecule has 22 heavy (non-hydrogen) atoms. The van der Waals surface area contributed by atoms with Gasteiger partial charge in [-0.25, -0.2) is 8.78 Å². The highest BCUT2D eigenvalue weighted by Gasteiger charge is 2.21. The zero-order valence-electron chi connectivity index (χ0n) is 11.6. The first-order chi connectivity index (χ1) is 10.6. The minimum atomic E-state index is -0.630. The van der Waals surface area contributed by atoms with Crippen molar-refractivity contribution in [1.29, 1.82) is 0 Å². The fraction of sp³-hybridized carbons (Fsp3) is 0.214. The first-order valence-electron chi connectivity index (χ1n) is 6.62. The molecule has 3 aromatic rings. The molecule has 8 heteroatoms. The lowest BCUT2D eigenvalue weighted by Gasteiger charge is -2.19. The number of aromatic nitrogens is 4. The number of aromatic amines is 1. The number of benzene rings is 1. The number of imidazole rings is 1. The molecule has 5 nitrogen and oxygen atoms in total. The zero-order chi connectivity index (χ0) is 15.7. The molecule has 0 aliphatic heterocycles. The highest BCUT2D eigenvalue weighted by atomic mass is 32.1. The number of hydrogen-bond acceptors (Lipinski definition) is 4. The normalized spacial score (nSPS) is 12.5. The van der Waals surface area contributed by atoms with Crippen LogP contribution in [0.15, 0.2) is 35.2 Å². The van der Waals surface area contributed by atoms with E-state index in [1.54, 1.807) is 10.8 Å². The van der Waals surface area contributed by atoms with Crippen LogP contribution in [0.3, 0.4) is 0 Å². The van der Waals surface area contributed by atoms with E-state index in [2.05, 4.69) is 15.2 Å². The van der Waals surface area contributed by atoms with Gasteiger partial charge >= 0.3 is 0 Å². The Kier molecular flexibility index (Phi) is 3.84. The molecule has 0 aliphatic carbocycles. The third-order valence-electron chi connectivity index (χ3n) is 3.36. The zero-order valence-corrected chi connectivity index (χ0v) is 12.4. The van der Waals surface area contributed by atoms with E-state index in [-0.39, 0.29) is 11.9 Å². The molecule has 0 fully saturated rings. The molecule has 3 rings (SSSR count). The van der Waals surface area contributed by atoms with Gasteiger partial charge in [-0.2, -0.15) is 0 Å². The van der Waals surface area contributed by atoms with Gasteiger partial charge in [-0.1, -0.05) is 6.92 Å². The van der Waals surface area contributed by atoms with E-state index in [1.165, 1.54) is 18.5 Å². The summed E-state index contributed by atoms with van der Waals surface area (Å²) in [4.78, 5) is 2.90. The first kappa shape index (κ1) is 14.6. The van der Waals surface area contributed by atoms with E-state index in [0.717, 1.165) is 6.07 Å². The molecule has 0 saturated heterocycles. The number of rotatable bonds is 4. The predicted octanol–water partition coefficient (Wildman–Crippen LogP) is 3.87. The van der Waals surface area contributed by atoms with Gasteiger partial charge in [-0.15, -0.1) is 10.2 Å². The fourth-order valence-electron chi connectivity index (χ4n) is 2.47. The molecule has 114 valence electrons. The Morgan fingerprint density at radius 1 is 1.32 bits per heavy atom. The molecular formula is C14H12F2N4OS. The maximum Gasteiger partial charge on any atom is 0.265 e. The van der Waals surface area contributed by atoms with Crippen LogP contribution in [0.4, 0.5) is 8.78 Å². The molecule has 0 radical (unpaired) electrons. The quantitative estimate of drug-likeness (QED) is 0.741. The number of H-pyrrole nitrogens is 1. The summed E-state index contributed by atoms with van der Waals surface area (Å²) in [7, 11) is 0. The average molecular weight is 322 g/mol. The smallest absolute Gasteiger partial charge is 0.265 e. The number of nitrogens with one attached hydrogen (secondary N) is 1. The van der Waals surface area contributed by atoms with Crippen molar-refractivity contribution in [3.05, 3.63) is 52.8 Å². The molecule has 0 aliphatic rings. The number of halogens is 2. The summed E-state index contributed by atoms with van der Waals surface area (Å²) in [6, 6.07) is 3.07. The van der Waals surface area contributed by atoms with E-state index in [1.807, 2.05) is 6.92 Å². The van der Waals surface area contributed by atoms with Crippen LogP contribution in [0, 0.1) is 16.4 Å². The molecule has 1 atom stereocenters. The lowest BCUT2D eigenvalue weighted by molar-refractivity contribution is 0.521. The standard InChI is InChI=1S/C14H12F2N4OS/c1-2-11(8-3-9(15)5-10(16)4-8)20-12(6-17-14(20)22)13-19-18-7-21-13/h3-7,11H,2H2,1H3,(H,17,22). The van der Waals surface area contributed by atoms with Crippen LogP contribution in [0.1, 0.15) is 24.9 Å². The molecule has 2 aromatic heterocycles. The molecule has 1 aromatic carbocycles. The van der Waals surface area contributed by atoms with Gasteiger partial charge in [-0.05, 0) is 36.3 Å². The Labute approximate surface area is 129 Å². The fourth-order valence-corrected chi connectivity index (χ4v) is 2.76. The SMILES string of the molecule is CCC(c1cc(F)cc(F)c1)n1c(-c2nnco2)c[nH]c1=S. The maximum absolute atomic E-state index is 13.5. The summed E-state index contributed by atoms with van der Waals surface area (Å²) in [6.45, 7) is 1.90. The number of nitrogens with zero attached hydrogens (tertiary/aromatic N) is 3. The topological polar surface area (TPSA) is 59.6 Å². The van der Waals surface area contributed by atoms with Gasteiger partial charge in [0.2, 0.25) is 6.39 Å². The Morgan fingerprint density at radius 3 is 2.64 bits per heavy atom. The second-order valence-electron chi connectivity index (χ2n) is 4.72. The van der Waals surface area contributed by atoms with E-state index in [0.29, 0.717) is 22.4 Å². The summed E-state index contributed by atoms with van der Waals surface area (Å²) in [5, 5.41) is 7.49. The van der Waals surface area contributed by atoms with Crippen LogP contribution < -0.4 is 0 Å². The largest absolute Gasteiger partial charge is 0.422 e. The van der Waals surface area contributed by atoms with E-state index in [4.69, 9.17) is 16.6 Å². The van der Waals surface area contributed by atoms with E-state index >= 15 is 0 Å². The van der Waals surface area contributed by atoms with Crippen molar-refractivity contribution in [2.75, 3.05) is 0 Å². The van der Waals surface area contributed by atoms with Gasteiger partial charge in [0.05, 0.1) is 6.04 Å². The van der Waals surface area contributed by atoms with Crippen molar-refractivity contribution in [1.82, 2.24) is 19.7 Å². The molecule has 0 bridgehead atoms. The molecule has 0 spiro atoms. The van der Waals surface area contributed by atoms with Crippen LogP contribution in [0.25, 0.3) is 11.6 Å². The van der Waals surface area contributed by atoms with Gasteiger partial charge in [-0.3, -0.25) is 0 Å². The summed E-state index contributed by atoms with van der Waals surface area (Å²) in [6.07, 6.45) is 3.42. The van der Waals surface area contributed by atoms with E-state index < -0.39 is 11.6 Å². The Morgan fingerprint density at radius 2 is 2.05 bits per heavy atom. The Hall–Kier alpha value is -2.35. The molecule has 0 amide bonds.